The lowest BCUT2D eigenvalue weighted by Gasteiger charge is -2.39. The molecule has 0 aromatic carbocycles. The van der Waals surface area contributed by atoms with Crippen molar-refractivity contribution in [2.75, 3.05) is 4.90 Å². The molecule has 2 aromatic heterocycles. The summed E-state index contributed by atoms with van der Waals surface area (Å²) < 4.78 is 2.16. The molecule has 4 nitrogen and oxygen atoms in total. The van der Waals surface area contributed by atoms with Gasteiger partial charge in [0.25, 0.3) is 0 Å². The fraction of sp³-hybridized carbons (Fsp3) is 0.500. The van der Waals surface area contributed by atoms with Crippen molar-refractivity contribution < 1.29 is 5.11 Å². The predicted octanol–water partition coefficient (Wildman–Crippen LogP) is 1.83. The first-order valence-corrected chi connectivity index (χ1v) is 6.71. The summed E-state index contributed by atoms with van der Waals surface area (Å²) >= 11 is 0. The molecule has 4 rings (SSSR count). The summed E-state index contributed by atoms with van der Waals surface area (Å²) in [6, 6.07) is 7.25. The zero-order chi connectivity index (χ0) is 12.1. The molecular weight excluding hydrogens is 226 g/mol. The van der Waals surface area contributed by atoms with Crippen LogP contribution in [0.4, 0.5) is 5.82 Å². The van der Waals surface area contributed by atoms with E-state index >= 15 is 0 Å². The lowest BCUT2D eigenvalue weighted by molar-refractivity contribution is 0.126. The molecule has 0 radical (unpaired) electrons. The van der Waals surface area contributed by atoms with Crippen molar-refractivity contribution in [3.05, 3.63) is 30.6 Å². The third-order valence-electron chi connectivity index (χ3n) is 4.38. The van der Waals surface area contributed by atoms with E-state index in [1.165, 1.54) is 18.7 Å². The summed E-state index contributed by atoms with van der Waals surface area (Å²) in [4.78, 5) is 6.85. The maximum absolute atomic E-state index is 9.88. The van der Waals surface area contributed by atoms with Crippen LogP contribution in [0.3, 0.4) is 0 Å². The zero-order valence-corrected chi connectivity index (χ0v) is 10.2. The van der Waals surface area contributed by atoms with Crippen molar-refractivity contribution in [2.45, 2.75) is 43.9 Å². The molecule has 0 saturated carbocycles. The van der Waals surface area contributed by atoms with Gasteiger partial charge in [0.1, 0.15) is 11.5 Å². The Hall–Kier alpha value is -1.55. The summed E-state index contributed by atoms with van der Waals surface area (Å²) in [5.74, 6) is 1.23. The number of aliphatic hydroxyl groups is 1. The molecule has 0 amide bonds. The van der Waals surface area contributed by atoms with Crippen LogP contribution >= 0.6 is 0 Å². The van der Waals surface area contributed by atoms with Crippen LogP contribution in [-0.4, -0.2) is 32.7 Å². The van der Waals surface area contributed by atoms with Crippen molar-refractivity contribution in [1.82, 2.24) is 9.38 Å². The van der Waals surface area contributed by atoms with Gasteiger partial charge in [-0.25, -0.2) is 4.98 Å². The minimum Gasteiger partial charge on any atom is -0.393 e. The highest BCUT2D eigenvalue weighted by molar-refractivity contribution is 5.53. The first-order valence-electron chi connectivity index (χ1n) is 6.71. The van der Waals surface area contributed by atoms with E-state index in [-0.39, 0.29) is 6.10 Å². The highest BCUT2D eigenvalue weighted by Gasteiger charge is 2.40. The number of pyridine rings is 1. The van der Waals surface area contributed by atoms with Crippen molar-refractivity contribution in [3.63, 3.8) is 0 Å². The summed E-state index contributed by atoms with van der Waals surface area (Å²) in [5.41, 5.74) is 0.998. The highest BCUT2D eigenvalue weighted by atomic mass is 16.3. The predicted molar refractivity (Wildman–Crippen MR) is 69.7 cm³/mol. The number of piperidine rings is 1. The van der Waals surface area contributed by atoms with Crippen LogP contribution in [0.15, 0.2) is 30.6 Å². The molecule has 4 heterocycles. The minimum atomic E-state index is -0.110. The van der Waals surface area contributed by atoms with Gasteiger partial charge in [-0.1, -0.05) is 6.07 Å². The Labute approximate surface area is 106 Å². The van der Waals surface area contributed by atoms with Crippen LogP contribution in [-0.2, 0) is 0 Å². The van der Waals surface area contributed by atoms with E-state index in [2.05, 4.69) is 26.4 Å². The van der Waals surface area contributed by atoms with Crippen LogP contribution in [0.1, 0.15) is 25.7 Å². The van der Waals surface area contributed by atoms with E-state index in [1.54, 1.807) is 0 Å². The number of rotatable bonds is 1. The molecule has 2 aromatic rings. The standard InChI is InChI=1S/C14H17N3O/c18-12-8-10-4-5-11(9-12)17(10)14-3-1-2-13-15-6-7-16(13)14/h1-3,6-7,10-12,18H,4-5,8-9H2. The SMILES string of the molecule is OC1CC2CCC(C1)N2c1cccc2nccn12. The minimum absolute atomic E-state index is 0.110. The van der Waals surface area contributed by atoms with Crippen LogP contribution in [0, 0.1) is 0 Å². The van der Waals surface area contributed by atoms with Crippen molar-refractivity contribution in [3.8, 4) is 0 Å². The van der Waals surface area contributed by atoms with Crippen LogP contribution in [0.5, 0.6) is 0 Å². The molecular formula is C14H17N3O. The molecule has 2 aliphatic rings. The second-order valence-electron chi connectivity index (χ2n) is 5.46. The quantitative estimate of drug-likeness (QED) is 0.830. The van der Waals surface area contributed by atoms with Gasteiger partial charge < -0.3 is 10.0 Å². The van der Waals surface area contributed by atoms with Crippen molar-refractivity contribution >= 4 is 11.5 Å². The molecule has 2 aliphatic heterocycles. The van der Waals surface area contributed by atoms with Gasteiger partial charge in [0, 0.05) is 24.5 Å². The van der Waals surface area contributed by atoms with Crippen LogP contribution in [0.2, 0.25) is 0 Å². The van der Waals surface area contributed by atoms with Crippen molar-refractivity contribution in [1.29, 1.82) is 0 Å². The summed E-state index contributed by atoms with van der Waals surface area (Å²) in [6.07, 6.45) is 7.97. The Morgan fingerprint density at radius 1 is 1.17 bits per heavy atom. The number of hydrogen-bond donors (Lipinski definition) is 1. The second-order valence-corrected chi connectivity index (χ2v) is 5.46. The van der Waals surface area contributed by atoms with E-state index in [0.29, 0.717) is 12.1 Å². The Morgan fingerprint density at radius 3 is 2.72 bits per heavy atom. The first kappa shape index (κ1) is 10.4. The summed E-state index contributed by atoms with van der Waals surface area (Å²) in [5, 5.41) is 9.88. The Morgan fingerprint density at radius 2 is 1.94 bits per heavy atom. The molecule has 4 heteroatoms. The number of fused-ring (bicyclic) bond motifs is 3. The molecule has 94 valence electrons. The molecule has 2 fully saturated rings. The van der Waals surface area contributed by atoms with E-state index in [4.69, 9.17) is 0 Å². The van der Waals surface area contributed by atoms with Crippen molar-refractivity contribution in [2.24, 2.45) is 0 Å². The molecule has 2 saturated heterocycles. The summed E-state index contributed by atoms with van der Waals surface area (Å²) in [6.45, 7) is 0. The van der Waals surface area contributed by atoms with Gasteiger partial charge in [-0.15, -0.1) is 0 Å². The van der Waals surface area contributed by atoms with E-state index in [9.17, 15) is 5.11 Å². The molecule has 1 N–H and O–H groups in total. The lowest BCUT2D eigenvalue weighted by atomic mass is 10.00. The maximum Gasteiger partial charge on any atom is 0.138 e. The second kappa shape index (κ2) is 3.72. The maximum atomic E-state index is 9.88. The largest absolute Gasteiger partial charge is 0.393 e. The van der Waals surface area contributed by atoms with Gasteiger partial charge in [-0.05, 0) is 37.8 Å². The van der Waals surface area contributed by atoms with Crippen LogP contribution < -0.4 is 4.90 Å². The number of aromatic nitrogens is 2. The lowest BCUT2D eigenvalue weighted by Crippen LogP contribution is -2.45. The first-order chi connectivity index (χ1) is 8.83. The van der Waals surface area contributed by atoms with Gasteiger partial charge >= 0.3 is 0 Å². The highest BCUT2D eigenvalue weighted by Crippen LogP contribution is 2.39. The Bertz CT molecular complexity index is 565. The third kappa shape index (κ3) is 1.38. The third-order valence-corrected chi connectivity index (χ3v) is 4.38. The average molecular weight is 243 g/mol. The topological polar surface area (TPSA) is 40.8 Å². The fourth-order valence-corrected chi connectivity index (χ4v) is 3.67. The molecule has 2 bridgehead atoms. The molecule has 0 spiro atoms. The Kier molecular flexibility index (Phi) is 2.14. The van der Waals surface area contributed by atoms with Gasteiger partial charge in [0.05, 0.1) is 6.10 Å². The fourth-order valence-electron chi connectivity index (χ4n) is 3.67. The monoisotopic (exact) mass is 243 g/mol. The number of nitrogens with zero attached hydrogens (tertiary/aromatic N) is 3. The van der Waals surface area contributed by atoms with E-state index < -0.39 is 0 Å². The smallest absolute Gasteiger partial charge is 0.138 e. The normalized spacial score (nSPS) is 31.2. The number of imidazole rings is 1. The van der Waals surface area contributed by atoms with Gasteiger partial charge in [-0.3, -0.25) is 4.40 Å². The zero-order valence-electron chi connectivity index (χ0n) is 10.2. The van der Waals surface area contributed by atoms with Gasteiger partial charge in [-0.2, -0.15) is 0 Å². The van der Waals surface area contributed by atoms with Gasteiger partial charge in [0.15, 0.2) is 0 Å². The number of hydrogen-bond acceptors (Lipinski definition) is 3. The van der Waals surface area contributed by atoms with E-state index in [1.807, 2.05) is 18.5 Å². The number of anilines is 1. The molecule has 2 unspecified atom stereocenters. The molecule has 0 aliphatic carbocycles. The Balaban J connectivity index is 1.81. The average Bonchev–Trinajstić information content (AvgIpc) is 2.92. The van der Waals surface area contributed by atoms with Gasteiger partial charge in [0.2, 0.25) is 0 Å². The summed E-state index contributed by atoms with van der Waals surface area (Å²) in [7, 11) is 0. The molecule has 18 heavy (non-hydrogen) atoms. The molecule has 2 atom stereocenters. The van der Waals surface area contributed by atoms with Crippen LogP contribution in [0.25, 0.3) is 5.65 Å². The van der Waals surface area contributed by atoms with E-state index in [0.717, 1.165) is 18.5 Å². The number of aliphatic hydroxyl groups excluding tert-OH is 1.